The summed E-state index contributed by atoms with van der Waals surface area (Å²) in [6.07, 6.45) is 0.401. The van der Waals surface area contributed by atoms with E-state index in [1.807, 2.05) is 5.32 Å². The van der Waals surface area contributed by atoms with Crippen LogP contribution in [-0.2, 0) is 14.8 Å². The van der Waals surface area contributed by atoms with E-state index in [-0.39, 0.29) is 17.9 Å². The summed E-state index contributed by atoms with van der Waals surface area (Å²) in [5.74, 6) is -3.12. The van der Waals surface area contributed by atoms with Gasteiger partial charge in [-0.05, 0) is 12.1 Å². The number of carbonyl (C=O) groups is 1. The molecule has 1 aromatic carbocycles. The average molecular weight is 393 g/mol. The molecule has 0 saturated heterocycles. The summed E-state index contributed by atoms with van der Waals surface area (Å²) in [5, 5.41) is 2.01. The highest BCUT2D eigenvalue weighted by Gasteiger charge is 2.27. The summed E-state index contributed by atoms with van der Waals surface area (Å²) in [7, 11) is -3.88. The van der Waals surface area contributed by atoms with Gasteiger partial charge in [-0.15, -0.1) is 0 Å². The summed E-state index contributed by atoms with van der Waals surface area (Å²) in [6.45, 7) is -1.12. The number of fused-ring (bicyclic) bond motifs is 1. The quantitative estimate of drug-likeness (QED) is 0.582. The van der Waals surface area contributed by atoms with Crippen LogP contribution in [0.1, 0.15) is 12.8 Å². The highest BCUT2D eigenvalue weighted by atomic mass is 32.2. The molecular formula is C15H21F2N3O5S. The van der Waals surface area contributed by atoms with Gasteiger partial charge in [0.15, 0.2) is 11.5 Å². The van der Waals surface area contributed by atoms with Crippen LogP contribution in [0.3, 0.4) is 0 Å². The number of alkyl halides is 2. The maximum Gasteiger partial charge on any atom is 0.277 e. The van der Waals surface area contributed by atoms with E-state index in [9.17, 15) is 22.0 Å². The molecule has 0 atom stereocenters. The van der Waals surface area contributed by atoms with Crippen molar-refractivity contribution < 1.29 is 31.5 Å². The fourth-order valence-electron chi connectivity index (χ4n) is 2.08. The van der Waals surface area contributed by atoms with Crippen molar-refractivity contribution in [2.45, 2.75) is 23.7 Å². The summed E-state index contributed by atoms with van der Waals surface area (Å²) in [4.78, 5) is 11.5. The minimum Gasteiger partial charge on any atom is -0.490 e. The van der Waals surface area contributed by atoms with Crippen LogP contribution in [0.25, 0.3) is 0 Å². The molecule has 11 heteroatoms. The number of benzene rings is 1. The highest BCUT2D eigenvalue weighted by Crippen LogP contribution is 2.31. The maximum absolute atomic E-state index is 12.9. The Morgan fingerprint density at radius 1 is 1.23 bits per heavy atom. The number of halogens is 2. The van der Waals surface area contributed by atoms with Gasteiger partial charge in [0, 0.05) is 25.5 Å². The first kappa shape index (κ1) is 20.3. The smallest absolute Gasteiger partial charge is 0.277 e. The third-order valence-corrected chi connectivity index (χ3v) is 4.97. The van der Waals surface area contributed by atoms with Crippen molar-refractivity contribution in [1.29, 1.82) is 0 Å². The third kappa shape index (κ3) is 5.78. The zero-order valence-corrected chi connectivity index (χ0v) is 14.8. The van der Waals surface area contributed by atoms with Crippen molar-refractivity contribution in [3.05, 3.63) is 18.2 Å². The largest absolute Gasteiger partial charge is 0.490 e. The molecular weight excluding hydrogens is 372 g/mol. The Bertz CT molecular complexity index is 743. The Morgan fingerprint density at radius 2 is 1.92 bits per heavy atom. The molecule has 1 heterocycles. The van der Waals surface area contributed by atoms with Gasteiger partial charge in [-0.1, -0.05) is 0 Å². The second-order valence-electron chi connectivity index (χ2n) is 5.64. The zero-order chi connectivity index (χ0) is 19.2. The summed E-state index contributed by atoms with van der Waals surface area (Å²) >= 11 is 0. The molecule has 0 spiro atoms. The van der Waals surface area contributed by atoms with Crippen molar-refractivity contribution in [3.8, 4) is 11.5 Å². The third-order valence-electron chi connectivity index (χ3n) is 3.52. The molecule has 0 radical (unpaired) electrons. The Labute approximate surface area is 150 Å². The molecule has 26 heavy (non-hydrogen) atoms. The molecule has 0 saturated carbocycles. The van der Waals surface area contributed by atoms with Gasteiger partial charge in [-0.3, -0.25) is 4.79 Å². The Kier molecular flexibility index (Phi) is 6.73. The van der Waals surface area contributed by atoms with Gasteiger partial charge in [0.2, 0.25) is 15.9 Å². The number of nitrogens with one attached hydrogen (secondary N) is 2. The molecule has 0 unspecified atom stereocenters. The first-order valence-electron chi connectivity index (χ1n) is 7.97. The number of ether oxygens (including phenoxy) is 2. The maximum atomic E-state index is 12.9. The number of rotatable bonds is 8. The van der Waals surface area contributed by atoms with E-state index in [1.54, 1.807) is 0 Å². The monoisotopic (exact) mass is 393 g/mol. The number of nitrogens with two attached hydrogens (primary N) is 1. The molecule has 2 rings (SSSR count). The molecule has 1 aliphatic rings. The average Bonchev–Trinajstić information content (AvgIpc) is 2.84. The minimum absolute atomic E-state index is 0.0446. The Hall–Kier alpha value is -1.98. The number of carbonyl (C=O) groups excluding carboxylic acids is 1. The number of hydrogen-bond donors (Lipinski definition) is 3. The standard InChI is InChI=1S/C15H21F2N3O5S/c16-15(17,9-18)10-19-14(21)4-5-20-26(22,23)11-2-3-12-13(8-11)25-7-1-6-24-12/h2-3,8,20H,1,4-7,9-10,18H2,(H,19,21). The van der Waals surface area contributed by atoms with E-state index < -0.39 is 34.9 Å². The lowest BCUT2D eigenvalue weighted by Gasteiger charge is -2.14. The van der Waals surface area contributed by atoms with Crippen LogP contribution < -0.4 is 25.2 Å². The van der Waals surface area contributed by atoms with Crippen LogP contribution in [-0.4, -0.2) is 53.1 Å². The number of amides is 1. The number of sulfonamides is 1. The van der Waals surface area contributed by atoms with Crippen LogP contribution in [0.4, 0.5) is 8.78 Å². The second-order valence-corrected chi connectivity index (χ2v) is 7.41. The van der Waals surface area contributed by atoms with Gasteiger partial charge in [-0.2, -0.15) is 0 Å². The molecule has 0 bridgehead atoms. The van der Waals surface area contributed by atoms with E-state index in [1.165, 1.54) is 18.2 Å². The van der Waals surface area contributed by atoms with Crippen LogP contribution in [0.2, 0.25) is 0 Å². The first-order chi connectivity index (χ1) is 12.2. The molecule has 8 nitrogen and oxygen atoms in total. The summed E-state index contributed by atoms with van der Waals surface area (Å²) in [6, 6.07) is 4.19. The molecule has 0 aromatic heterocycles. The fourth-order valence-corrected chi connectivity index (χ4v) is 3.13. The molecule has 1 aliphatic heterocycles. The van der Waals surface area contributed by atoms with Gasteiger partial charge in [0.05, 0.1) is 31.2 Å². The normalized spacial score (nSPS) is 14.6. The first-order valence-corrected chi connectivity index (χ1v) is 9.46. The lowest BCUT2D eigenvalue weighted by Crippen LogP contribution is -2.42. The van der Waals surface area contributed by atoms with Gasteiger partial charge in [0.25, 0.3) is 5.92 Å². The van der Waals surface area contributed by atoms with Gasteiger partial charge < -0.3 is 20.5 Å². The van der Waals surface area contributed by atoms with E-state index in [0.29, 0.717) is 31.1 Å². The topological polar surface area (TPSA) is 120 Å². The van der Waals surface area contributed by atoms with Gasteiger partial charge in [-0.25, -0.2) is 21.9 Å². The van der Waals surface area contributed by atoms with Crippen molar-refractivity contribution >= 4 is 15.9 Å². The molecule has 0 aliphatic carbocycles. The van der Waals surface area contributed by atoms with Crippen molar-refractivity contribution in [2.24, 2.45) is 5.73 Å². The van der Waals surface area contributed by atoms with E-state index in [0.717, 1.165) is 0 Å². The molecule has 1 aromatic rings. The van der Waals surface area contributed by atoms with Gasteiger partial charge in [0.1, 0.15) is 0 Å². The predicted octanol–water partition coefficient (Wildman–Crippen LogP) is 0.226. The molecule has 0 fully saturated rings. The fraction of sp³-hybridized carbons (Fsp3) is 0.533. The summed E-state index contributed by atoms with van der Waals surface area (Å²) in [5.41, 5.74) is 4.86. The highest BCUT2D eigenvalue weighted by molar-refractivity contribution is 7.89. The van der Waals surface area contributed by atoms with Crippen molar-refractivity contribution in [1.82, 2.24) is 10.0 Å². The predicted molar refractivity (Wildman–Crippen MR) is 88.9 cm³/mol. The van der Waals surface area contributed by atoms with E-state index in [2.05, 4.69) is 4.72 Å². The van der Waals surface area contributed by atoms with Crippen molar-refractivity contribution in [3.63, 3.8) is 0 Å². The Balaban J connectivity index is 1.89. The lowest BCUT2D eigenvalue weighted by atomic mass is 10.3. The SMILES string of the molecule is NCC(F)(F)CNC(=O)CCNS(=O)(=O)c1ccc2c(c1)OCCCO2. The minimum atomic E-state index is -3.88. The number of hydrogen-bond acceptors (Lipinski definition) is 6. The zero-order valence-electron chi connectivity index (χ0n) is 14.0. The van der Waals surface area contributed by atoms with Crippen LogP contribution in [0.5, 0.6) is 11.5 Å². The second kappa shape index (κ2) is 8.60. The van der Waals surface area contributed by atoms with E-state index >= 15 is 0 Å². The van der Waals surface area contributed by atoms with E-state index in [4.69, 9.17) is 15.2 Å². The molecule has 1 amide bonds. The van der Waals surface area contributed by atoms with Crippen LogP contribution >= 0.6 is 0 Å². The molecule has 4 N–H and O–H groups in total. The van der Waals surface area contributed by atoms with Gasteiger partial charge >= 0.3 is 0 Å². The van der Waals surface area contributed by atoms with Crippen LogP contribution in [0, 0.1) is 0 Å². The van der Waals surface area contributed by atoms with Crippen molar-refractivity contribution in [2.75, 3.05) is 32.8 Å². The summed E-state index contributed by atoms with van der Waals surface area (Å²) < 4.78 is 63.5. The lowest BCUT2D eigenvalue weighted by molar-refractivity contribution is -0.122. The molecule has 146 valence electrons. The Morgan fingerprint density at radius 3 is 2.62 bits per heavy atom. The van der Waals surface area contributed by atoms with Crippen LogP contribution in [0.15, 0.2) is 23.1 Å².